The lowest BCUT2D eigenvalue weighted by Gasteiger charge is -2.11. The van der Waals surface area contributed by atoms with E-state index in [-0.39, 0.29) is 37.7 Å². The highest BCUT2D eigenvalue weighted by Gasteiger charge is 2.07. The molecule has 27 heavy (non-hydrogen) atoms. The number of anilines is 3. The number of aliphatic hydroxyl groups is 3. The molecule has 156 valence electrons. The van der Waals surface area contributed by atoms with E-state index < -0.39 is 0 Å². The SMILES string of the molecule is OCCCCONc1nc(NOCCCCO)nc(NOCCCCO)n1. The molecule has 12 heteroatoms. The largest absolute Gasteiger partial charge is 0.396 e. The summed E-state index contributed by atoms with van der Waals surface area (Å²) in [5.74, 6) is 0.450. The molecule has 0 fully saturated rings. The zero-order valence-electron chi connectivity index (χ0n) is 15.4. The average molecular weight is 390 g/mol. The van der Waals surface area contributed by atoms with E-state index in [0.717, 1.165) is 0 Å². The van der Waals surface area contributed by atoms with E-state index in [0.29, 0.717) is 58.3 Å². The van der Waals surface area contributed by atoms with Gasteiger partial charge in [0.2, 0.25) is 0 Å². The van der Waals surface area contributed by atoms with Crippen LogP contribution in [-0.4, -0.2) is 69.9 Å². The van der Waals surface area contributed by atoms with Crippen molar-refractivity contribution in [2.24, 2.45) is 0 Å². The molecule has 0 saturated heterocycles. The lowest BCUT2D eigenvalue weighted by atomic mass is 10.3. The van der Waals surface area contributed by atoms with Crippen molar-refractivity contribution in [2.75, 3.05) is 56.1 Å². The highest BCUT2D eigenvalue weighted by Crippen LogP contribution is 2.10. The number of aromatic nitrogens is 3. The topological polar surface area (TPSA) is 163 Å². The standard InChI is InChI=1S/C15H30N6O6/c22-7-1-4-10-25-19-13-16-14(20-26-11-5-2-8-23)18-15(17-13)21-27-12-6-3-9-24/h22-24H,1-12H2,(H3,16,17,18,19,20,21). The minimum atomic E-state index is 0.110. The van der Waals surface area contributed by atoms with Crippen LogP contribution < -0.4 is 16.4 Å². The fraction of sp³-hybridized carbons (Fsp3) is 0.800. The summed E-state index contributed by atoms with van der Waals surface area (Å²) in [5.41, 5.74) is 7.81. The molecule has 0 aliphatic carbocycles. The second-order valence-corrected chi connectivity index (χ2v) is 5.45. The van der Waals surface area contributed by atoms with Gasteiger partial charge in [0, 0.05) is 19.8 Å². The highest BCUT2D eigenvalue weighted by molar-refractivity contribution is 5.39. The predicted octanol–water partition coefficient (Wildman–Crippen LogP) is 0.220. The van der Waals surface area contributed by atoms with Gasteiger partial charge in [-0.15, -0.1) is 0 Å². The number of rotatable bonds is 18. The number of hydrogen-bond donors (Lipinski definition) is 6. The summed E-state index contributed by atoms with van der Waals surface area (Å²) in [7, 11) is 0. The van der Waals surface area contributed by atoms with E-state index in [1.54, 1.807) is 0 Å². The van der Waals surface area contributed by atoms with Gasteiger partial charge in [-0.25, -0.2) is 16.4 Å². The Morgan fingerprint density at radius 1 is 0.519 bits per heavy atom. The van der Waals surface area contributed by atoms with Gasteiger partial charge in [0.15, 0.2) is 0 Å². The maximum absolute atomic E-state index is 8.75. The lowest BCUT2D eigenvalue weighted by molar-refractivity contribution is 0.168. The van der Waals surface area contributed by atoms with Crippen molar-refractivity contribution in [1.29, 1.82) is 0 Å². The van der Waals surface area contributed by atoms with Crippen LogP contribution in [0.2, 0.25) is 0 Å². The Balaban J connectivity index is 2.52. The van der Waals surface area contributed by atoms with Crippen molar-refractivity contribution < 1.29 is 29.8 Å². The summed E-state index contributed by atoms with van der Waals surface area (Å²) in [6.45, 7) is 1.47. The van der Waals surface area contributed by atoms with Crippen LogP contribution in [0.15, 0.2) is 0 Å². The first kappa shape index (κ1) is 23.2. The van der Waals surface area contributed by atoms with E-state index in [4.69, 9.17) is 29.8 Å². The highest BCUT2D eigenvalue weighted by atomic mass is 16.7. The molecule has 0 bridgehead atoms. The van der Waals surface area contributed by atoms with Gasteiger partial charge >= 0.3 is 0 Å². The van der Waals surface area contributed by atoms with Crippen molar-refractivity contribution in [3.63, 3.8) is 0 Å². The minimum Gasteiger partial charge on any atom is -0.396 e. The first-order valence-corrected chi connectivity index (χ1v) is 9.02. The van der Waals surface area contributed by atoms with Crippen LogP contribution in [0, 0.1) is 0 Å². The van der Waals surface area contributed by atoms with Crippen LogP contribution >= 0.6 is 0 Å². The van der Waals surface area contributed by atoms with E-state index in [9.17, 15) is 0 Å². The fourth-order valence-electron chi connectivity index (χ4n) is 1.72. The van der Waals surface area contributed by atoms with Gasteiger partial charge in [-0.1, -0.05) is 0 Å². The zero-order chi connectivity index (χ0) is 19.6. The van der Waals surface area contributed by atoms with Gasteiger partial charge in [0.25, 0.3) is 17.8 Å². The van der Waals surface area contributed by atoms with Crippen molar-refractivity contribution in [3.8, 4) is 0 Å². The maximum atomic E-state index is 8.75. The summed E-state index contributed by atoms with van der Waals surface area (Å²) < 4.78 is 0. The first-order valence-electron chi connectivity index (χ1n) is 9.02. The van der Waals surface area contributed by atoms with E-state index in [1.807, 2.05) is 0 Å². The second kappa shape index (κ2) is 16.4. The quantitative estimate of drug-likeness (QED) is 0.149. The summed E-state index contributed by atoms with van der Waals surface area (Å²) in [6.07, 6.45) is 3.98. The molecule has 1 aromatic heterocycles. The third-order valence-corrected chi connectivity index (χ3v) is 3.09. The molecule has 6 N–H and O–H groups in total. The molecule has 0 aliphatic heterocycles. The smallest absolute Gasteiger partial charge is 0.253 e. The van der Waals surface area contributed by atoms with Crippen LogP contribution in [0.5, 0.6) is 0 Å². The minimum absolute atomic E-state index is 0.110. The van der Waals surface area contributed by atoms with Crippen LogP contribution in [0.4, 0.5) is 17.8 Å². The monoisotopic (exact) mass is 390 g/mol. The molecule has 0 aliphatic rings. The predicted molar refractivity (Wildman–Crippen MR) is 97.5 cm³/mol. The molecule has 0 unspecified atom stereocenters. The van der Waals surface area contributed by atoms with Gasteiger partial charge in [-0.05, 0) is 38.5 Å². The number of unbranched alkanes of at least 4 members (excludes halogenated alkanes) is 3. The fourth-order valence-corrected chi connectivity index (χ4v) is 1.72. The maximum Gasteiger partial charge on any atom is 0.253 e. The van der Waals surface area contributed by atoms with Gasteiger partial charge in [0.1, 0.15) is 0 Å². The van der Waals surface area contributed by atoms with E-state index in [1.165, 1.54) is 0 Å². The molecule has 0 radical (unpaired) electrons. The average Bonchev–Trinajstić information content (AvgIpc) is 2.67. The third kappa shape index (κ3) is 12.2. The normalized spacial score (nSPS) is 10.8. The van der Waals surface area contributed by atoms with Crippen molar-refractivity contribution in [3.05, 3.63) is 0 Å². The van der Waals surface area contributed by atoms with Gasteiger partial charge in [-0.3, -0.25) is 14.5 Å². The summed E-state index contributed by atoms with van der Waals surface area (Å²) in [5, 5.41) is 26.2. The summed E-state index contributed by atoms with van der Waals surface area (Å²) in [4.78, 5) is 28.0. The molecule has 1 heterocycles. The van der Waals surface area contributed by atoms with Gasteiger partial charge in [-0.2, -0.15) is 15.0 Å². The Hall–Kier alpha value is -1.83. The van der Waals surface area contributed by atoms with Crippen molar-refractivity contribution in [2.45, 2.75) is 38.5 Å². The van der Waals surface area contributed by atoms with E-state index >= 15 is 0 Å². The molecule has 12 nitrogen and oxygen atoms in total. The van der Waals surface area contributed by atoms with Crippen LogP contribution in [0.3, 0.4) is 0 Å². The van der Waals surface area contributed by atoms with Gasteiger partial charge < -0.3 is 15.3 Å². The molecule has 0 amide bonds. The summed E-state index contributed by atoms with van der Waals surface area (Å²) >= 11 is 0. The molecule has 1 aromatic rings. The molecule has 0 saturated carbocycles. The molecule has 0 aromatic carbocycles. The van der Waals surface area contributed by atoms with Crippen molar-refractivity contribution >= 4 is 17.8 Å². The molecule has 1 rings (SSSR count). The lowest BCUT2D eigenvalue weighted by Crippen LogP contribution is -2.14. The molecule has 0 atom stereocenters. The Labute approximate surface area is 158 Å². The Morgan fingerprint density at radius 2 is 0.815 bits per heavy atom. The first-order chi connectivity index (χ1) is 13.3. The number of aliphatic hydroxyl groups excluding tert-OH is 3. The Morgan fingerprint density at radius 3 is 1.07 bits per heavy atom. The number of nitrogens with zero attached hydrogens (tertiary/aromatic N) is 3. The zero-order valence-corrected chi connectivity index (χ0v) is 15.4. The number of nitrogens with one attached hydrogen (secondary N) is 3. The molecular weight excluding hydrogens is 360 g/mol. The van der Waals surface area contributed by atoms with Crippen LogP contribution in [0.1, 0.15) is 38.5 Å². The molecular formula is C15H30N6O6. The molecule has 0 spiro atoms. The number of hydrogen-bond acceptors (Lipinski definition) is 12. The Kier molecular flexibility index (Phi) is 14.1. The van der Waals surface area contributed by atoms with E-state index in [2.05, 4.69) is 31.4 Å². The second-order valence-electron chi connectivity index (χ2n) is 5.45. The van der Waals surface area contributed by atoms with Crippen LogP contribution in [-0.2, 0) is 14.5 Å². The van der Waals surface area contributed by atoms with Crippen LogP contribution in [0.25, 0.3) is 0 Å². The van der Waals surface area contributed by atoms with Gasteiger partial charge in [0.05, 0.1) is 19.8 Å². The summed E-state index contributed by atoms with van der Waals surface area (Å²) in [6, 6.07) is 0. The third-order valence-electron chi connectivity index (χ3n) is 3.09. The van der Waals surface area contributed by atoms with Crippen molar-refractivity contribution in [1.82, 2.24) is 15.0 Å². The Bertz CT molecular complexity index is 405.